The zero-order valence-corrected chi connectivity index (χ0v) is 7.85. The van der Waals surface area contributed by atoms with Crippen LogP contribution in [0.4, 0.5) is 0 Å². The minimum atomic E-state index is 0.122. The molecule has 3 heteroatoms. The summed E-state index contributed by atoms with van der Waals surface area (Å²) in [6, 6.07) is 1.78. The first-order valence-corrected chi connectivity index (χ1v) is 4.08. The summed E-state index contributed by atoms with van der Waals surface area (Å²) in [6.45, 7) is 3.38. The molecule has 64 valence electrons. The molecule has 2 nitrogen and oxygen atoms in total. The number of aromatic nitrogens is 1. The van der Waals surface area contributed by atoms with Crippen molar-refractivity contribution in [3.05, 3.63) is 28.5 Å². The van der Waals surface area contributed by atoms with E-state index in [2.05, 4.69) is 4.98 Å². The van der Waals surface area contributed by atoms with Crippen molar-refractivity contribution in [1.29, 1.82) is 0 Å². The number of Topliss-reactive ketones (excluding diaryl/α,β-unsaturated/α-hetero) is 1. The van der Waals surface area contributed by atoms with Crippen LogP contribution in [-0.2, 0) is 11.2 Å². The van der Waals surface area contributed by atoms with Crippen LogP contribution in [0.1, 0.15) is 18.2 Å². The fraction of sp³-hybridized carbons (Fsp3) is 0.333. The van der Waals surface area contributed by atoms with Crippen LogP contribution in [0.2, 0.25) is 5.02 Å². The number of carbonyl (C=O) groups is 1. The van der Waals surface area contributed by atoms with Crippen LogP contribution in [0.15, 0.2) is 12.3 Å². The standard InChI is InChI=1S/C9H10ClNO/c1-6(12)3-8-4-9(10)7(2)11-5-8/h4-5H,3H2,1-2H3. The van der Waals surface area contributed by atoms with E-state index >= 15 is 0 Å². The molecule has 0 aliphatic carbocycles. The Morgan fingerprint density at radius 2 is 2.33 bits per heavy atom. The van der Waals surface area contributed by atoms with Crippen molar-refractivity contribution < 1.29 is 4.79 Å². The Bertz CT molecular complexity index is 309. The van der Waals surface area contributed by atoms with Crippen LogP contribution in [-0.4, -0.2) is 10.8 Å². The predicted molar refractivity (Wildman–Crippen MR) is 48.4 cm³/mol. The Hall–Kier alpha value is -0.890. The van der Waals surface area contributed by atoms with Crippen molar-refractivity contribution in [3.63, 3.8) is 0 Å². The van der Waals surface area contributed by atoms with E-state index in [1.165, 1.54) is 0 Å². The molecule has 0 spiro atoms. The highest BCUT2D eigenvalue weighted by atomic mass is 35.5. The molecule has 0 bridgehead atoms. The maximum absolute atomic E-state index is 10.7. The van der Waals surface area contributed by atoms with Crippen molar-refractivity contribution in [3.8, 4) is 0 Å². The maximum Gasteiger partial charge on any atom is 0.134 e. The van der Waals surface area contributed by atoms with Crippen LogP contribution in [0.25, 0.3) is 0 Å². The van der Waals surface area contributed by atoms with Crippen molar-refractivity contribution in [2.45, 2.75) is 20.3 Å². The Kier molecular flexibility index (Phi) is 2.82. The quantitative estimate of drug-likeness (QED) is 0.704. The number of rotatable bonds is 2. The van der Waals surface area contributed by atoms with E-state index < -0.39 is 0 Å². The number of halogens is 1. The van der Waals surface area contributed by atoms with E-state index in [-0.39, 0.29) is 5.78 Å². The summed E-state index contributed by atoms with van der Waals surface area (Å²) in [7, 11) is 0. The monoisotopic (exact) mass is 183 g/mol. The number of nitrogens with zero attached hydrogens (tertiary/aromatic N) is 1. The summed E-state index contributed by atoms with van der Waals surface area (Å²) in [4.78, 5) is 14.8. The number of pyridine rings is 1. The highest BCUT2D eigenvalue weighted by Crippen LogP contribution is 2.14. The number of ketones is 1. The normalized spacial score (nSPS) is 9.92. The van der Waals surface area contributed by atoms with E-state index in [1.54, 1.807) is 19.2 Å². The Labute approximate surface area is 76.6 Å². The van der Waals surface area contributed by atoms with Gasteiger partial charge in [-0.25, -0.2) is 0 Å². The molecule has 0 saturated heterocycles. The largest absolute Gasteiger partial charge is 0.300 e. The van der Waals surface area contributed by atoms with E-state index in [0.29, 0.717) is 11.4 Å². The smallest absolute Gasteiger partial charge is 0.134 e. The second kappa shape index (κ2) is 3.68. The molecule has 1 rings (SSSR count). The number of aryl methyl sites for hydroxylation is 1. The SMILES string of the molecule is CC(=O)Cc1cnc(C)c(Cl)c1. The molecule has 0 amide bonds. The molecule has 0 saturated carbocycles. The summed E-state index contributed by atoms with van der Waals surface area (Å²) in [6.07, 6.45) is 2.09. The second-order valence-corrected chi connectivity index (χ2v) is 3.20. The lowest BCUT2D eigenvalue weighted by molar-refractivity contribution is -0.116. The molecule has 12 heavy (non-hydrogen) atoms. The predicted octanol–water partition coefficient (Wildman–Crippen LogP) is 2.17. The fourth-order valence-corrected chi connectivity index (χ4v) is 1.12. The van der Waals surface area contributed by atoms with Gasteiger partial charge in [0.2, 0.25) is 0 Å². The second-order valence-electron chi connectivity index (χ2n) is 2.79. The van der Waals surface area contributed by atoms with Gasteiger partial charge in [-0.3, -0.25) is 9.78 Å². The molecule has 0 radical (unpaired) electrons. The molecule has 0 N–H and O–H groups in total. The summed E-state index contributed by atoms with van der Waals surface area (Å²) in [5.74, 6) is 0.122. The van der Waals surface area contributed by atoms with Gasteiger partial charge in [0.25, 0.3) is 0 Å². The summed E-state index contributed by atoms with van der Waals surface area (Å²) >= 11 is 5.82. The minimum Gasteiger partial charge on any atom is -0.300 e. The van der Waals surface area contributed by atoms with Crippen molar-refractivity contribution in [1.82, 2.24) is 4.98 Å². The molecule has 0 atom stereocenters. The minimum absolute atomic E-state index is 0.122. The molecular weight excluding hydrogens is 174 g/mol. The Morgan fingerprint density at radius 1 is 1.67 bits per heavy atom. The third-order valence-electron chi connectivity index (χ3n) is 1.53. The van der Waals surface area contributed by atoms with Gasteiger partial charge >= 0.3 is 0 Å². The van der Waals surface area contributed by atoms with Gasteiger partial charge in [0.05, 0.1) is 10.7 Å². The zero-order valence-electron chi connectivity index (χ0n) is 7.10. The van der Waals surface area contributed by atoms with Gasteiger partial charge in [0.1, 0.15) is 5.78 Å². The molecule has 0 fully saturated rings. The lowest BCUT2D eigenvalue weighted by atomic mass is 10.1. The number of carbonyl (C=O) groups excluding carboxylic acids is 1. The lowest BCUT2D eigenvalue weighted by Gasteiger charge is -1.99. The van der Waals surface area contributed by atoms with Gasteiger partial charge in [-0.05, 0) is 25.5 Å². The van der Waals surface area contributed by atoms with Gasteiger partial charge in [0, 0.05) is 12.6 Å². The third kappa shape index (κ3) is 2.31. The van der Waals surface area contributed by atoms with Crippen LogP contribution < -0.4 is 0 Å². The van der Waals surface area contributed by atoms with Crippen LogP contribution >= 0.6 is 11.6 Å². The van der Waals surface area contributed by atoms with Crippen LogP contribution in [0.3, 0.4) is 0 Å². The molecule has 1 aromatic heterocycles. The van der Waals surface area contributed by atoms with E-state index in [4.69, 9.17) is 11.6 Å². The molecular formula is C9H10ClNO. The topological polar surface area (TPSA) is 30.0 Å². The maximum atomic E-state index is 10.7. The van der Waals surface area contributed by atoms with Gasteiger partial charge in [0.15, 0.2) is 0 Å². The summed E-state index contributed by atoms with van der Waals surface area (Å²) in [5, 5.41) is 0.619. The molecule has 0 unspecified atom stereocenters. The zero-order chi connectivity index (χ0) is 9.14. The van der Waals surface area contributed by atoms with Crippen molar-refractivity contribution >= 4 is 17.4 Å². The van der Waals surface area contributed by atoms with E-state index in [9.17, 15) is 4.79 Å². The Morgan fingerprint density at radius 3 is 2.83 bits per heavy atom. The lowest BCUT2D eigenvalue weighted by Crippen LogP contribution is -1.97. The molecule has 1 aromatic rings. The van der Waals surface area contributed by atoms with E-state index in [0.717, 1.165) is 11.3 Å². The first-order valence-electron chi connectivity index (χ1n) is 3.70. The number of hydrogen-bond acceptors (Lipinski definition) is 2. The highest BCUT2D eigenvalue weighted by molar-refractivity contribution is 6.31. The number of hydrogen-bond donors (Lipinski definition) is 0. The summed E-state index contributed by atoms with van der Waals surface area (Å²) in [5.41, 5.74) is 1.67. The average Bonchev–Trinajstić information content (AvgIpc) is 1.96. The molecule has 0 aliphatic rings. The van der Waals surface area contributed by atoms with Crippen molar-refractivity contribution in [2.75, 3.05) is 0 Å². The van der Waals surface area contributed by atoms with Crippen LogP contribution in [0.5, 0.6) is 0 Å². The van der Waals surface area contributed by atoms with E-state index in [1.807, 2.05) is 6.92 Å². The molecule has 1 heterocycles. The first-order chi connectivity index (χ1) is 5.59. The van der Waals surface area contributed by atoms with Gasteiger partial charge in [-0.1, -0.05) is 11.6 Å². The van der Waals surface area contributed by atoms with Crippen LogP contribution in [0, 0.1) is 6.92 Å². The molecule has 0 aromatic carbocycles. The average molecular weight is 184 g/mol. The summed E-state index contributed by atoms with van der Waals surface area (Å²) < 4.78 is 0. The Balaban J connectivity index is 2.89. The molecule has 0 aliphatic heterocycles. The first kappa shape index (κ1) is 9.20. The third-order valence-corrected chi connectivity index (χ3v) is 1.92. The fourth-order valence-electron chi connectivity index (χ4n) is 0.930. The van der Waals surface area contributed by atoms with Gasteiger partial charge in [-0.15, -0.1) is 0 Å². The highest BCUT2D eigenvalue weighted by Gasteiger charge is 2.01. The van der Waals surface area contributed by atoms with Gasteiger partial charge < -0.3 is 0 Å². The van der Waals surface area contributed by atoms with Gasteiger partial charge in [-0.2, -0.15) is 0 Å². The van der Waals surface area contributed by atoms with Crippen molar-refractivity contribution in [2.24, 2.45) is 0 Å².